The average molecular weight is 526 g/mol. The largest absolute Gasteiger partial charge is 0.355 e. The smallest absolute Gasteiger partial charge is 0.0470 e. The topological polar surface area (TPSA) is 12.0 Å². The minimum atomic E-state index is 1.07. The highest BCUT2D eigenvalue weighted by Gasteiger charge is 2.11. The van der Waals surface area contributed by atoms with Crippen LogP contribution in [-0.4, -0.2) is 0 Å². The van der Waals surface area contributed by atoms with Gasteiger partial charge in [-0.1, -0.05) is 156 Å². The van der Waals surface area contributed by atoms with Crippen molar-refractivity contribution in [2.75, 3.05) is 5.32 Å². The van der Waals surface area contributed by atoms with Gasteiger partial charge in [0.2, 0.25) is 0 Å². The van der Waals surface area contributed by atoms with E-state index in [1.807, 2.05) is 13.0 Å². The van der Waals surface area contributed by atoms with E-state index in [0.29, 0.717) is 0 Å². The standard InChI is InChI=1S/C33H27N.2C3H8/c1-2-3-5-12-25-13-10-18-29(23-25)33-31-20-9-8-16-27(31)21-22-32(33)34-30-19-11-17-28(24-30)26-14-6-4-7-15-26;2*1-3-2/h2-24,34H,1H3;2*3H2,1-2H3/b3-2-,12-5-;;. The number of fused-ring (bicyclic) bond motifs is 1. The number of benzene rings is 5. The summed E-state index contributed by atoms with van der Waals surface area (Å²) in [6.07, 6.45) is 10.8. The number of hydrogen-bond acceptors (Lipinski definition) is 1. The fraction of sp³-hybridized carbons (Fsp3) is 0.179. The van der Waals surface area contributed by atoms with E-state index in [-0.39, 0.29) is 0 Å². The molecule has 0 fully saturated rings. The predicted octanol–water partition coefficient (Wildman–Crippen LogP) is 12.3. The molecule has 0 bridgehead atoms. The van der Waals surface area contributed by atoms with E-state index >= 15 is 0 Å². The maximum Gasteiger partial charge on any atom is 0.0470 e. The molecule has 5 aromatic carbocycles. The van der Waals surface area contributed by atoms with Crippen LogP contribution in [0.4, 0.5) is 11.4 Å². The summed E-state index contributed by atoms with van der Waals surface area (Å²) >= 11 is 0. The lowest BCUT2D eigenvalue weighted by Crippen LogP contribution is -1.95. The molecule has 5 rings (SSSR count). The van der Waals surface area contributed by atoms with Crippen LogP contribution in [-0.2, 0) is 0 Å². The van der Waals surface area contributed by atoms with Crippen molar-refractivity contribution in [3.8, 4) is 22.3 Å². The summed E-state index contributed by atoms with van der Waals surface area (Å²) in [7, 11) is 0. The van der Waals surface area contributed by atoms with Crippen LogP contribution in [0.2, 0.25) is 0 Å². The zero-order valence-corrected chi connectivity index (χ0v) is 24.7. The van der Waals surface area contributed by atoms with Crippen molar-refractivity contribution >= 4 is 28.2 Å². The van der Waals surface area contributed by atoms with E-state index < -0.39 is 0 Å². The van der Waals surface area contributed by atoms with Crippen LogP contribution in [0.5, 0.6) is 0 Å². The first-order valence-electron chi connectivity index (χ1n) is 14.5. The predicted molar refractivity (Wildman–Crippen MR) is 180 cm³/mol. The minimum absolute atomic E-state index is 1.07. The van der Waals surface area contributed by atoms with Gasteiger partial charge < -0.3 is 5.32 Å². The molecule has 0 amide bonds. The number of nitrogens with one attached hydrogen (secondary N) is 1. The molecule has 204 valence electrons. The third-order valence-corrected chi connectivity index (χ3v) is 5.95. The van der Waals surface area contributed by atoms with Crippen LogP contribution >= 0.6 is 0 Å². The Labute approximate surface area is 241 Å². The monoisotopic (exact) mass is 525 g/mol. The molecule has 0 atom stereocenters. The molecule has 0 aromatic heterocycles. The summed E-state index contributed by atoms with van der Waals surface area (Å²) in [6, 6.07) is 40.8. The molecule has 1 nitrogen and oxygen atoms in total. The number of anilines is 2. The van der Waals surface area contributed by atoms with Gasteiger partial charge in [-0.15, -0.1) is 0 Å². The summed E-state index contributed by atoms with van der Waals surface area (Å²) in [5.41, 5.74) is 8.17. The Morgan fingerprint density at radius 2 is 1.23 bits per heavy atom. The van der Waals surface area contributed by atoms with Gasteiger partial charge in [0.25, 0.3) is 0 Å². The van der Waals surface area contributed by atoms with Crippen molar-refractivity contribution in [1.29, 1.82) is 0 Å². The third-order valence-electron chi connectivity index (χ3n) is 5.95. The van der Waals surface area contributed by atoms with E-state index in [1.165, 1.54) is 51.4 Å². The van der Waals surface area contributed by atoms with Crippen LogP contribution in [0.25, 0.3) is 39.1 Å². The summed E-state index contributed by atoms with van der Waals surface area (Å²) in [6.45, 7) is 10.5. The normalized spacial score (nSPS) is 10.6. The molecule has 5 aromatic rings. The average Bonchev–Trinajstić information content (AvgIpc) is 2.99. The first-order valence-corrected chi connectivity index (χ1v) is 14.5. The van der Waals surface area contributed by atoms with Crippen LogP contribution in [0, 0.1) is 0 Å². The maximum absolute atomic E-state index is 3.72. The summed E-state index contributed by atoms with van der Waals surface area (Å²) < 4.78 is 0. The van der Waals surface area contributed by atoms with Gasteiger partial charge in [-0.3, -0.25) is 0 Å². The van der Waals surface area contributed by atoms with Crippen LogP contribution in [0.15, 0.2) is 133 Å². The summed E-state index contributed by atoms with van der Waals surface area (Å²) in [4.78, 5) is 0. The van der Waals surface area contributed by atoms with Gasteiger partial charge in [0.05, 0.1) is 0 Å². The molecule has 0 aliphatic carbocycles. The molecule has 1 N–H and O–H groups in total. The van der Waals surface area contributed by atoms with E-state index in [0.717, 1.165) is 11.4 Å². The quantitative estimate of drug-likeness (QED) is 0.217. The molecule has 40 heavy (non-hydrogen) atoms. The molecule has 0 unspecified atom stereocenters. The van der Waals surface area contributed by atoms with Crippen LogP contribution < -0.4 is 5.32 Å². The highest BCUT2D eigenvalue weighted by atomic mass is 14.9. The Balaban J connectivity index is 0.000000676. The van der Waals surface area contributed by atoms with Crippen molar-refractivity contribution in [3.63, 3.8) is 0 Å². The van der Waals surface area contributed by atoms with Crippen molar-refractivity contribution in [2.24, 2.45) is 0 Å². The maximum atomic E-state index is 3.72. The van der Waals surface area contributed by atoms with E-state index in [2.05, 4.69) is 167 Å². The third kappa shape index (κ3) is 8.58. The van der Waals surface area contributed by atoms with Crippen molar-refractivity contribution in [1.82, 2.24) is 0 Å². The van der Waals surface area contributed by atoms with Crippen molar-refractivity contribution in [3.05, 3.63) is 139 Å². The second kappa shape index (κ2) is 16.6. The van der Waals surface area contributed by atoms with Gasteiger partial charge in [-0.05, 0) is 64.2 Å². The number of hydrogen-bond donors (Lipinski definition) is 1. The second-order valence-corrected chi connectivity index (χ2v) is 9.71. The molecule has 0 heterocycles. The van der Waals surface area contributed by atoms with Crippen LogP contribution in [0.3, 0.4) is 0 Å². The highest BCUT2D eigenvalue weighted by molar-refractivity contribution is 6.03. The molecule has 0 saturated heterocycles. The molecular formula is C39H43N. The lowest BCUT2D eigenvalue weighted by molar-refractivity contribution is 1.09. The van der Waals surface area contributed by atoms with Crippen LogP contribution in [0.1, 0.15) is 53.0 Å². The number of rotatable bonds is 6. The second-order valence-electron chi connectivity index (χ2n) is 9.71. The Kier molecular flexibility index (Phi) is 12.5. The Morgan fingerprint density at radius 1 is 0.575 bits per heavy atom. The van der Waals surface area contributed by atoms with Gasteiger partial charge in [-0.2, -0.15) is 0 Å². The van der Waals surface area contributed by atoms with E-state index in [9.17, 15) is 0 Å². The first kappa shape index (κ1) is 30.2. The van der Waals surface area contributed by atoms with E-state index in [4.69, 9.17) is 0 Å². The van der Waals surface area contributed by atoms with E-state index in [1.54, 1.807) is 0 Å². The SMILES string of the molecule is C/C=C\C=C/c1cccc(-c2c(Nc3cccc(-c4ccccc4)c3)ccc3ccccc23)c1.CCC.CCC. The van der Waals surface area contributed by atoms with Crippen molar-refractivity contribution in [2.45, 2.75) is 47.5 Å². The molecule has 0 aliphatic rings. The molecule has 0 spiro atoms. The lowest BCUT2D eigenvalue weighted by Gasteiger charge is -2.17. The molecule has 1 heteroatoms. The van der Waals surface area contributed by atoms with Gasteiger partial charge >= 0.3 is 0 Å². The molecule has 0 saturated carbocycles. The van der Waals surface area contributed by atoms with Gasteiger partial charge in [-0.25, -0.2) is 0 Å². The molecule has 0 radical (unpaired) electrons. The van der Waals surface area contributed by atoms with Crippen molar-refractivity contribution < 1.29 is 0 Å². The van der Waals surface area contributed by atoms with Gasteiger partial charge in [0.1, 0.15) is 0 Å². The van der Waals surface area contributed by atoms with Gasteiger partial charge in [0, 0.05) is 16.9 Å². The first-order chi connectivity index (χ1) is 19.6. The zero-order chi connectivity index (χ0) is 28.6. The Bertz CT molecular complexity index is 1510. The molecular weight excluding hydrogens is 482 g/mol. The number of allylic oxidation sites excluding steroid dienone is 3. The van der Waals surface area contributed by atoms with Gasteiger partial charge in [0.15, 0.2) is 0 Å². The Hall–Kier alpha value is -4.36. The fourth-order valence-electron chi connectivity index (χ4n) is 4.32. The lowest BCUT2D eigenvalue weighted by atomic mass is 9.94. The Morgan fingerprint density at radius 3 is 1.98 bits per heavy atom. The fourth-order valence-corrected chi connectivity index (χ4v) is 4.32. The molecule has 0 aliphatic heterocycles. The summed E-state index contributed by atoms with van der Waals surface area (Å²) in [5.74, 6) is 0. The summed E-state index contributed by atoms with van der Waals surface area (Å²) in [5, 5.41) is 6.19. The minimum Gasteiger partial charge on any atom is -0.355 e. The zero-order valence-electron chi connectivity index (χ0n) is 24.7. The highest BCUT2D eigenvalue weighted by Crippen LogP contribution is 2.38.